The molecule has 4 nitrogen and oxygen atoms in total. The quantitative estimate of drug-likeness (QED) is 0.802. The minimum absolute atomic E-state index is 0.685. The van der Waals surface area contributed by atoms with Crippen molar-refractivity contribution >= 4 is 11.3 Å². The van der Waals surface area contributed by atoms with Gasteiger partial charge in [-0.05, 0) is 25.1 Å². The van der Waals surface area contributed by atoms with Crippen LogP contribution in [0.3, 0.4) is 0 Å². The highest BCUT2D eigenvalue weighted by molar-refractivity contribution is 7.18. The SMILES string of the molecule is CNCc1nc(-c2ncc(C)cn2)sc1-c1ccccc1. The first-order chi connectivity index (χ1) is 10.3. The molecular formula is C16H16N4S. The van der Waals surface area contributed by atoms with Crippen LogP contribution in [0.2, 0.25) is 0 Å². The van der Waals surface area contributed by atoms with Gasteiger partial charge in [0.25, 0.3) is 0 Å². The average molecular weight is 296 g/mol. The molecule has 0 aliphatic heterocycles. The Morgan fingerprint density at radius 1 is 1.10 bits per heavy atom. The van der Waals surface area contributed by atoms with Crippen LogP contribution in [0, 0.1) is 6.92 Å². The highest BCUT2D eigenvalue weighted by Crippen LogP contribution is 2.34. The maximum atomic E-state index is 4.71. The van der Waals surface area contributed by atoms with E-state index < -0.39 is 0 Å². The Bertz CT molecular complexity index is 720. The molecule has 21 heavy (non-hydrogen) atoms. The Hall–Kier alpha value is -2.11. The van der Waals surface area contributed by atoms with Gasteiger partial charge in [-0.3, -0.25) is 0 Å². The van der Waals surface area contributed by atoms with Crippen molar-refractivity contribution in [2.75, 3.05) is 7.05 Å². The van der Waals surface area contributed by atoms with Crippen molar-refractivity contribution in [2.24, 2.45) is 0 Å². The second-order valence-electron chi connectivity index (χ2n) is 4.78. The van der Waals surface area contributed by atoms with Gasteiger partial charge in [-0.1, -0.05) is 30.3 Å². The van der Waals surface area contributed by atoms with Gasteiger partial charge in [0.1, 0.15) is 0 Å². The fourth-order valence-corrected chi connectivity index (χ4v) is 3.09. The van der Waals surface area contributed by atoms with Crippen molar-refractivity contribution in [3.63, 3.8) is 0 Å². The Balaban J connectivity index is 2.06. The second kappa shape index (κ2) is 6.11. The van der Waals surface area contributed by atoms with E-state index in [4.69, 9.17) is 4.98 Å². The van der Waals surface area contributed by atoms with Crippen molar-refractivity contribution in [1.29, 1.82) is 0 Å². The molecule has 2 heterocycles. The predicted octanol–water partition coefficient (Wildman–Crippen LogP) is 3.29. The summed E-state index contributed by atoms with van der Waals surface area (Å²) < 4.78 is 0. The highest BCUT2D eigenvalue weighted by atomic mass is 32.1. The minimum Gasteiger partial charge on any atom is -0.314 e. The number of nitrogens with zero attached hydrogens (tertiary/aromatic N) is 3. The van der Waals surface area contributed by atoms with Crippen molar-refractivity contribution in [3.8, 4) is 21.3 Å². The lowest BCUT2D eigenvalue weighted by molar-refractivity contribution is 0.799. The molecule has 106 valence electrons. The van der Waals surface area contributed by atoms with Gasteiger partial charge < -0.3 is 5.32 Å². The number of aryl methyl sites for hydroxylation is 1. The molecule has 0 aliphatic rings. The molecule has 0 saturated heterocycles. The van der Waals surface area contributed by atoms with E-state index in [-0.39, 0.29) is 0 Å². The molecule has 0 bridgehead atoms. The van der Waals surface area contributed by atoms with Crippen LogP contribution >= 0.6 is 11.3 Å². The van der Waals surface area contributed by atoms with Gasteiger partial charge in [0.15, 0.2) is 10.8 Å². The maximum Gasteiger partial charge on any atom is 0.188 e. The number of hydrogen-bond acceptors (Lipinski definition) is 5. The fourth-order valence-electron chi connectivity index (χ4n) is 2.05. The zero-order valence-electron chi connectivity index (χ0n) is 12.0. The lowest BCUT2D eigenvalue weighted by Gasteiger charge is -2.00. The molecule has 0 saturated carbocycles. The lowest BCUT2D eigenvalue weighted by atomic mass is 10.1. The van der Waals surface area contributed by atoms with Crippen molar-refractivity contribution in [2.45, 2.75) is 13.5 Å². The van der Waals surface area contributed by atoms with Gasteiger partial charge in [-0.15, -0.1) is 11.3 Å². The van der Waals surface area contributed by atoms with E-state index in [2.05, 4.69) is 27.4 Å². The average Bonchev–Trinajstić information content (AvgIpc) is 2.93. The first-order valence-electron chi connectivity index (χ1n) is 6.76. The van der Waals surface area contributed by atoms with Gasteiger partial charge in [-0.2, -0.15) is 0 Å². The van der Waals surface area contributed by atoms with Crippen LogP contribution in [0.25, 0.3) is 21.3 Å². The number of rotatable bonds is 4. The first-order valence-corrected chi connectivity index (χ1v) is 7.58. The van der Waals surface area contributed by atoms with Crippen LogP contribution in [0.1, 0.15) is 11.3 Å². The summed E-state index contributed by atoms with van der Waals surface area (Å²) in [6.07, 6.45) is 3.65. The number of nitrogens with one attached hydrogen (secondary N) is 1. The Labute approximate surface area is 127 Å². The van der Waals surface area contributed by atoms with E-state index in [0.29, 0.717) is 5.82 Å². The van der Waals surface area contributed by atoms with Gasteiger partial charge >= 0.3 is 0 Å². The van der Waals surface area contributed by atoms with Gasteiger partial charge in [0.05, 0.1) is 10.6 Å². The van der Waals surface area contributed by atoms with Crippen LogP contribution in [0.4, 0.5) is 0 Å². The van der Waals surface area contributed by atoms with E-state index >= 15 is 0 Å². The van der Waals surface area contributed by atoms with E-state index in [1.54, 1.807) is 11.3 Å². The van der Waals surface area contributed by atoms with Crippen LogP contribution in [0.5, 0.6) is 0 Å². The topological polar surface area (TPSA) is 50.7 Å². The monoisotopic (exact) mass is 296 g/mol. The Morgan fingerprint density at radius 3 is 2.48 bits per heavy atom. The van der Waals surface area contributed by atoms with Gasteiger partial charge in [0, 0.05) is 18.9 Å². The summed E-state index contributed by atoms with van der Waals surface area (Å²) in [5.74, 6) is 0.685. The molecule has 0 aliphatic carbocycles. The third-order valence-corrected chi connectivity index (χ3v) is 4.19. The molecule has 5 heteroatoms. The van der Waals surface area contributed by atoms with E-state index in [0.717, 1.165) is 22.8 Å². The fraction of sp³-hybridized carbons (Fsp3) is 0.188. The zero-order valence-corrected chi connectivity index (χ0v) is 12.8. The molecule has 0 atom stereocenters. The summed E-state index contributed by atoms with van der Waals surface area (Å²) in [5.41, 5.74) is 3.26. The Morgan fingerprint density at radius 2 is 1.81 bits per heavy atom. The second-order valence-corrected chi connectivity index (χ2v) is 5.77. The van der Waals surface area contributed by atoms with Crippen LogP contribution in [-0.2, 0) is 6.54 Å². The first kappa shape index (κ1) is 13.9. The normalized spacial score (nSPS) is 10.8. The van der Waals surface area contributed by atoms with Crippen molar-refractivity contribution in [1.82, 2.24) is 20.3 Å². The molecule has 0 radical (unpaired) electrons. The van der Waals surface area contributed by atoms with Gasteiger partial charge in [-0.25, -0.2) is 15.0 Å². The van der Waals surface area contributed by atoms with Crippen LogP contribution in [0.15, 0.2) is 42.7 Å². The molecular weight excluding hydrogens is 280 g/mol. The summed E-state index contributed by atoms with van der Waals surface area (Å²) >= 11 is 1.64. The minimum atomic E-state index is 0.685. The van der Waals surface area contributed by atoms with Crippen LogP contribution < -0.4 is 5.32 Å². The van der Waals surface area contributed by atoms with Gasteiger partial charge in [0.2, 0.25) is 0 Å². The van der Waals surface area contributed by atoms with E-state index in [9.17, 15) is 0 Å². The highest BCUT2D eigenvalue weighted by Gasteiger charge is 2.15. The lowest BCUT2D eigenvalue weighted by Crippen LogP contribution is -2.06. The third-order valence-electron chi connectivity index (χ3n) is 3.05. The number of hydrogen-bond donors (Lipinski definition) is 1. The smallest absolute Gasteiger partial charge is 0.188 e. The molecule has 0 fully saturated rings. The maximum absolute atomic E-state index is 4.71. The molecule has 3 rings (SSSR count). The molecule has 3 aromatic rings. The molecule has 0 amide bonds. The summed E-state index contributed by atoms with van der Waals surface area (Å²) in [5, 5.41) is 4.03. The van der Waals surface area contributed by atoms with Crippen molar-refractivity contribution < 1.29 is 0 Å². The zero-order chi connectivity index (χ0) is 14.7. The predicted molar refractivity (Wildman–Crippen MR) is 86.1 cm³/mol. The van der Waals surface area contributed by atoms with Crippen molar-refractivity contribution in [3.05, 3.63) is 54.0 Å². The molecule has 0 spiro atoms. The number of thiazole rings is 1. The molecule has 2 aromatic heterocycles. The molecule has 1 aromatic carbocycles. The van der Waals surface area contributed by atoms with E-state index in [1.807, 2.05) is 44.6 Å². The number of benzene rings is 1. The molecule has 0 unspecified atom stereocenters. The standard InChI is InChI=1S/C16H16N4S/c1-11-8-18-15(19-9-11)16-20-13(10-17-2)14(21-16)12-6-4-3-5-7-12/h3-9,17H,10H2,1-2H3. The summed E-state index contributed by atoms with van der Waals surface area (Å²) in [4.78, 5) is 14.6. The summed E-state index contributed by atoms with van der Waals surface area (Å²) in [7, 11) is 1.93. The summed E-state index contributed by atoms with van der Waals surface area (Å²) in [6, 6.07) is 10.3. The third kappa shape index (κ3) is 2.99. The summed E-state index contributed by atoms with van der Waals surface area (Å²) in [6.45, 7) is 2.71. The molecule has 1 N–H and O–H groups in total. The largest absolute Gasteiger partial charge is 0.314 e. The number of aromatic nitrogens is 3. The van der Waals surface area contributed by atoms with E-state index in [1.165, 1.54) is 10.4 Å². The van der Waals surface area contributed by atoms with Crippen LogP contribution in [-0.4, -0.2) is 22.0 Å². The Kier molecular flexibility index (Phi) is 4.03.